The minimum Gasteiger partial charge on any atom is -0.309 e. The summed E-state index contributed by atoms with van der Waals surface area (Å²) in [7, 11) is 3.21. The number of hydrogen-bond donors (Lipinski definition) is 1. The van der Waals surface area contributed by atoms with Crippen molar-refractivity contribution in [1.29, 1.82) is 0 Å². The average molecular weight is 177 g/mol. The molecule has 1 saturated heterocycles. The third-order valence-electron chi connectivity index (χ3n) is 1.98. The molecule has 0 aromatic rings. The Morgan fingerprint density at radius 3 is 2.45 bits per heavy atom. The van der Waals surface area contributed by atoms with Gasteiger partial charge in [0.1, 0.15) is 12.3 Å². The molecule has 4 heteroatoms. The topological polar surface area (TPSA) is 37.7 Å². The van der Waals surface area contributed by atoms with E-state index in [1.807, 2.05) is 0 Å². The van der Waals surface area contributed by atoms with Crippen LogP contribution in [0.25, 0.3) is 0 Å². The molecule has 66 valence electrons. The molecule has 11 heavy (non-hydrogen) atoms. The van der Waals surface area contributed by atoms with E-state index in [9.17, 15) is 0 Å². The predicted molar refractivity (Wildman–Crippen MR) is 49.7 cm³/mol. The maximum absolute atomic E-state index is 5.27. The second kappa shape index (κ2) is 3.81. The Labute approximate surface area is 69.5 Å². The van der Waals surface area contributed by atoms with Crippen molar-refractivity contribution in [2.75, 3.05) is 33.0 Å². The van der Waals surface area contributed by atoms with Gasteiger partial charge in [-0.05, 0) is 32.7 Å². The maximum atomic E-state index is 5.27. The lowest BCUT2D eigenvalue weighted by atomic mass is 10.5. The summed E-state index contributed by atoms with van der Waals surface area (Å²) in [6, 6.07) is 0. The van der Waals surface area contributed by atoms with Gasteiger partial charge < -0.3 is 4.90 Å². The van der Waals surface area contributed by atoms with Crippen LogP contribution >= 0.6 is 7.64 Å². The van der Waals surface area contributed by atoms with Crippen LogP contribution in [-0.2, 0) is 4.62 Å². The van der Waals surface area contributed by atoms with Gasteiger partial charge in [0.25, 0.3) is 7.64 Å². The molecular weight excluding hydrogens is 159 g/mol. The van der Waals surface area contributed by atoms with Gasteiger partial charge in [-0.1, -0.05) is 4.62 Å². The molecular formula is C7H18N2OP+. The molecule has 1 unspecified atom stereocenters. The van der Waals surface area contributed by atoms with Crippen molar-refractivity contribution in [2.24, 2.45) is 0 Å². The Balaban J connectivity index is 2.03. The third-order valence-corrected chi connectivity index (χ3v) is 4.74. The van der Waals surface area contributed by atoms with Crippen LogP contribution in [0.5, 0.6) is 0 Å². The van der Waals surface area contributed by atoms with Crippen molar-refractivity contribution in [3.05, 3.63) is 0 Å². The Hall–Kier alpha value is 0.310. The van der Waals surface area contributed by atoms with Gasteiger partial charge in [-0.2, -0.15) is 0 Å². The first-order valence-corrected chi connectivity index (χ1v) is 6.24. The van der Waals surface area contributed by atoms with E-state index in [4.69, 9.17) is 4.62 Å². The average Bonchev–Trinajstić information content (AvgIpc) is 2.69. The van der Waals surface area contributed by atoms with Gasteiger partial charge in [0.15, 0.2) is 0 Å². The van der Waals surface area contributed by atoms with Gasteiger partial charge in [-0.3, -0.25) is 0 Å². The monoisotopic (exact) mass is 177 g/mol. The minimum absolute atomic E-state index is 1.01. The van der Waals surface area contributed by atoms with E-state index in [2.05, 4.69) is 31.2 Å². The number of hydrogen-bond acceptors (Lipinski definition) is 3. The Morgan fingerprint density at radius 1 is 1.45 bits per heavy atom. The molecule has 1 aliphatic rings. The molecule has 0 aliphatic carbocycles. The number of rotatable bonds is 5. The van der Waals surface area contributed by atoms with Crippen LogP contribution in [0.4, 0.5) is 0 Å². The zero-order valence-corrected chi connectivity index (χ0v) is 8.53. The van der Waals surface area contributed by atoms with Gasteiger partial charge in [0.2, 0.25) is 0 Å². The van der Waals surface area contributed by atoms with Crippen molar-refractivity contribution in [1.82, 2.24) is 10.2 Å². The first-order valence-electron chi connectivity index (χ1n) is 4.16. The summed E-state index contributed by atoms with van der Waals surface area (Å²) in [6.45, 7) is 3.37. The molecule has 1 aliphatic heterocycles. The Kier molecular flexibility index (Phi) is 3.26. The summed E-state index contributed by atoms with van der Waals surface area (Å²) >= 11 is 0. The minimum atomic E-state index is -1.01. The van der Waals surface area contributed by atoms with Crippen LogP contribution in [0.15, 0.2) is 0 Å². The second-order valence-electron chi connectivity index (χ2n) is 3.27. The van der Waals surface area contributed by atoms with Crippen LogP contribution in [0, 0.1) is 0 Å². The van der Waals surface area contributed by atoms with Crippen LogP contribution < -0.4 is 5.25 Å². The molecule has 0 bridgehead atoms. The highest BCUT2D eigenvalue weighted by Crippen LogP contribution is 2.67. The molecule has 0 aromatic heterocycles. The molecule has 1 heterocycles. The zero-order valence-electron chi connectivity index (χ0n) is 7.63. The van der Waals surface area contributed by atoms with Crippen molar-refractivity contribution >= 4 is 7.64 Å². The largest absolute Gasteiger partial charge is 0.309 e. The van der Waals surface area contributed by atoms with E-state index < -0.39 is 7.64 Å². The highest BCUT2D eigenvalue weighted by atomic mass is 31.2. The molecule has 0 aromatic carbocycles. The van der Waals surface area contributed by atoms with E-state index in [0.29, 0.717) is 0 Å². The Bertz CT molecular complexity index is 126. The maximum Gasteiger partial charge on any atom is 0.272 e. The molecule has 0 spiro atoms. The van der Waals surface area contributed by atoms with E-state index in [0.717, 1.165) is 0 Å². The summed E-state index contributed by atoms with van der Waals surface area (Å²) in [5.41, 5.74) is 0. The highest BCUT2D eigenvalue weighted by molar-refractivity contribution is 7.73. The molecule has 1 rings (SSSR count). The Morgan fingerprint density at radius 2 is 2.09 bits per heavy atom. The van der Waals surface area contributed by atoms with Gasteiger partial charge in [-0.15, -0.1) is 0 Å². The summed E-state index contributed by atoms with van der Waals surface area (Å²) in [5.74, 6) is 0. The zero-order chi connectivity index (χ0) is 8.32. The predicted octanol–water partition coefficient (Wildman–Crippen LogP) is 1.34. The smallest absolute Gasteiger partial charge is 0.272 e. The lowest BCUT2D eigenvalue weighted by molar-refractivity contribution is 0.408. The summed E-state index contributed by atoms with van der Waals surface area (Å²) in [6.07, 6.45) is 3.67. The van der Waals surface area contributed by atoms with Crippen molar-refractivity contribution in [2.45, 2.75) is 13.3 Å². The summed E-state index contributed by atoms with van der Waals surface area (Å²) < 4.78 is 5.27. The number of nitrogens with one attached hydrogen (secondary N) is 1. The van der Waals surface area contributed by atoms with Crippen molar-refractivity contribution < 1.29 is 4.62 Å². The molecule has 0 radical (unpaired) electrons. The van der Waals surface area contributed by atoms with Crippen LogP contribution in [0.2, 0.25) is 0 Å². The summed E-state index contributed by atoms with van der Waals surface area (Å²) in [4.78, 5) is 2.22. The lowest BCUT2D eigenvalue weighted by Gasteiger charge is -2.07. The van der Waals surface area contributed by atoms with Gasteiger partial charge in [0.05, 0.1) is 0 Å². The van der Waals surface area contributed by atoms with Gasteiger partial charge >= 0.3 is 0 Å². The second-order valence-corrected chi connectivity index (χ2v) is 6.49. The highest BCUT2D eigenvalue weighted by Gasteiger charge is 2.54. The molecule has 1 fully saturated rings. The SMILES string of the molecule is CC[P+]1(CCCN(C)C)NO1. The fraction of sp³-hybridized carbons (Fsp3) is 1.00. The lowest BCUT2D eigenvalue weighted by Crippen LogP contribution is -2.14. The standard InChI is InChI=1S/C7H18N2OP/c1-4-11(8-10-11)7-5-6-9(2)3/h8H,4-7H2,1-3H3/q+1. The fourth-order valence-corrected chi connectivity index (χ4v) is 2.95. The normalized spacial score (nSPS) is 29.5. The van der Waals surface area contributed by atoms with E-state index in [1.54, 1.807) is 0 Å². The molecule has 1 atom stereocenters. The van der Waals surface area contributed by atoms with Crippen LogP contribution in [0.1, 0.15) is 13.3 Å². The third kappa shape index (κ3) is 3.04. The molecule has 3 nitrogen and oxygen atoms in total. The number of nitrogens with zero attached hydrogens (tertiary/aromatic N) is 1. The van der Waals surface area contributed by atoms with Gasteiger partial charge in [-0.25, -0.2) is 0 Å². The van der Waals surface area contributed by atoms with Gasteiger partial charge in [0, 0.05) is 6.54 Å². The molecule has 1 N–H and O–H groups in total. The molecule has 0 saturated carbocycles. The summed E-state index contributed by atoms with van der Waals surface area (Å²) in [5, 5.41) is 3.06. The molecule has 0 amide bonds. The van der Waals surface area contributed by atoms with E-state index >= 15 is 0 Å². The van der Waals surface area contributed by atoms with Crippen molar-refractivity contribution in [3.8, 4) is 0 Å². The first kappa shape index (κ1) is 9.40. The van der Waals surface area contributed by atoms with E-state index in [-0.39, 0.29) is 0 Å². The van der Waals surface area contributed by atoms with Crippen LogP contribution in [0.3, 0.4) is 0 Å². The van der Waals surface area contributed by atoms with Crippen LogP contribution in [-0.4, -0.2) is 37.9 Å². The van der Waals surface area contributed by atoms with E-state index in [1.165, 1.54) is 25.3 Å². The first-order chi connectivity index (χ1) is 5.18. The fourth-order valence-electron chi connectivity index (χ4n) is 1.08. The quantitative estimate of drug-likeness (QED) is 0.508. The van der Waals surface area contributed by atoms with Crippen molar-refractivity contribution in [3.63, 3.8) is 0 Å².